The minimum Gasteiger partial charge on any atom is -0.450 e. The Kier molecular flexibility index (Phi) is 14.9. The second-order valence-corrected chi connectivity index (χ2v) is 6.34. The van der Waals surface area contributed by atoms with Gasteiger partial charge < -0.3 is 25.2 Å². The zero-order chi connectivity index (χ0) is 18.5. The van der Waals surface area contributed by atoms with Gasteiger partial charge in [-0.2, -0.15) is 0 Å². The number of unbranched alkanes of at least 4 members (excludes halogenated alkanes) is 1. The molecule has 0 aromatic carbocycles. The van der Waals surface area contributed by atoms with Crippen molar-refractivity contribution < 1.29 is 9.53 Å². The standard InChI is InChI=1S/C18H37N5O2.HI/c1-5-22(6-2)13-9-8-12-20-17(19-4)21-16-10-14-23(15-11-16)18(24)25-7-3;/h16H,5-15H2,1-4H3,(H2,19,20,21);1H. The number of nitrogens with zero attached hydrogens (tertiary/aromatic N) is 3. The van der Waals surface area contributed by atoms with Crippen LogP contribution in [0.25, 0.3) is 0 Å². The zero-order valence-electron chi connectivity index (χ0n) is 16.9. The van der Waals surface area contributed by atoms with E-state index in [1.54, 1.807) is 11.9 Å². The zero-order valence-corrected chi connectivity index (χ0v) is 19.3. The summed E-state index contributed by atoms with van der Waals surface area (Å²) in [5.41, 5.74) is 0. The number of guanidine groups is 1. The van der Waals surface area contributed by atoms with E-state index in [0.717, 1.165) is 64.5 Å². The number of halogens is 1. The van der Waals surface area contributed by atoms with Crippen LogP contribution in [0, 0.1) is 0 Å². The third kappa shape index (κ3) is 9.80. The highest BCUT2D eigenvalue weighted by molar-refractivity contribution is 14.0. The van der Waals surface area contributed by atoms with Gasteiger partial charge in [0.15, 0.2) is 5.96 Å². The number of nitrogens with one attached hydrogen (secondary N) is 2. The van der Waals surface area contributed by atoms with Crippen LogP contribution in [0.15, 0.2) is 4.99 Å². The van der Waals surface area contributed by atoms with Crippen molar-refractivity contribution in [2.24, 2.45) is 4.99 Å². The molecule has 2 N–H and O–H groups in total. The van der Waals surface area contributed by atoms with Crippen molar-refractivity contribution in [3.05, 3.63) is 0 Å². The first-order valence-electron chi connectivity index (χ1n) is 9.75. The Morgan fingerprint density at radius 3 is 2.38 bits per heavy atom. The van der Waals surface area contributed by atoms with Crippen LogP contribution in [-0.4, -0.2) is 80.8 Å². The van der Waals surface area contributed by atoms with Gasteiger partial charge in [0.05, 0.1) is 6.61 Å². The molecule has 154 valence electrons. The van der Waals surface area contributed by atoms with Crippen LogP contribution in [-0.2, 0) is 4.74 Å². The molecule has 0 spiro atoms. The molecule has 0 unspecified atom stereocenters. The second-order valence-electron chi connectivity index (χ2n) is 6.34. The van der Waals surface area contributed by atoms with E-state index in [1.807, 2.05) is 6.92 Å². The third-order valence-corrected chi connectivity index (χ3v) is 4.67. The predicted molar refractivity (Wildman–Crippen MR) is 119 cm³/mol. The highest BCUT2D eigenvalue weighted by atomic mass is 127. The van der Waals surface area contributed by atoms with Gasteiger partial charge in [-0.05, 0) is 52.2 Å². The number of aliphatic imine (C=N–C) groups is 1. The number of amides is 1. The molecule has 1 amide bonds. The number of piperidine rings is 1. The molecule has 26 heavy (non-hydrogen) atoms. The van der Waals surface area contributed by atoms with Crippen molar-refractivity contribution in [1.29, 1.82) is 0 Å². The number of hydrogen-bond acceptors (Lipinski definition) is 4. The summed E-state index contributed by atoms with van der Waals surface area (Å²) in [4.78, 5) is 20.3. The lowest BCUT2D eigenvalue weighted by Gasteiger charge is -2.32. The van der Waals surface area contributed by atoms with Crippen LogP contribution in [0.4, 0.5) is 4.79 Å². The van der Waals surface area contributed by atoms with E-state index in [9.17, 15) is 4.79 Å². The molecule has 0 aromatic heterocycles. The van der Waals surface area contributed by atoms with Crippen LogP contribution in [0.2, 0.25) is 0 Å². The van der Waals surface area contributed by atoms with Gasteiger partial charge in [-0.3, -0.25) is 4.99 Å². The highest BCUT2D eigenvalue weighted by Gasteiger charge is 2.23. The Morgan fingerprint density at radius 1 is 1.19 bits per heavy atom. The van der Waals surface area contributed by atoms with E-state index >= 15 is 0 Å². The monoisotopic (exact) mass is 483 g/mol. The number of rotatable bonds is 9. The van der Waals surface area contributed by atoms with Crippen LogP contribution in [0.1, 0.15) is 46.5 Å². The maximum absolute atomic E-state index is 11.7. The Balaban J connectivity index is 0.00000625. The summed E-state index contributed by atoms with van der Waals surface area (Å²) in [5, 5.41) is 6.86. The first-order chi connectivity index (χ1) is 12.1. The summed E-state index contributed by atoms with van der Waals surface area (Å²) < 4.78 is 5.05. The fraction of sp³-hybridized carbons (Fsp3) is 0.889. The minimum absolute atomic E-state index is 0. The smallest absolute Gasteiger partial charge is 0.409 e. The molecule has 0 aromatic rings. The van der Waals surface area contributed by atoms with Gasteiger partial charge in [-0.15, -0.1) is 24.0 Å². The Hall–Kier alpha value is -0.770. The van der Waals surface area contributed by atoms with Crippen LogP contribution < -0.4 is 10.6 Å². The molecular weight excluding hydrogens is 445 g/mol. The van der Waals surface area contributed by atoms with E-state index in [2.05, 4.69) is 34.4 Å². The quantitative estimate of drug-likeness (QED) is 0.228. The number of hydrogen-bond donors (Lipinski definition) is 2. The van der Waals surface area contributed by atoms with E-state index < -0.39 is 0 Å². The third-order valence-electron chi connectivity index (χ3n) is 4.67. The number of carbonyl (C=O) groups excluding carboxylic acids is 1. The summed E-state index contributed by atoms with van der Waals surface area (Å²) >= 11 is 0. The van der Waals surface area contributed by atoms with Gasteiger partial charge in [-0.25, -0.2) is 4.79 Å². The van der Waals surface area contributed by atoms with Crippen molar-refractivity contribution in [3.63, 3.8) is 0 Å². The van der Waals surface area contributed by atoms with E-state index in [1.165, 1.54) is 6.42 Å². The second kappa shape index (κ2) is 15.3. The lowest BCUT2D eigenvalue weighted by Crippen LogP contribution is -2.50. The maximum atomic E-state index is 11.7. The summed E-state index contributed by atoms with van der Waals surface area (Å²) in [6.07, 6.45) is 3.97. The van der Waals surface area contributed by atoms with Crippen LogP contribution in [0.3, 0.4) is 0 Å². The molecule has 1 rings (SSSR count). The van der Waals surface area contributed by atoms with E-state index in [0.29, 0.717) is 12.6 Å². The molecule has 1 aliphatic heterocycles. The molecular formula is C18H38IN5O2. The number of ether oxygens (including phenoxy) is 1. The van der Waals surface area contributed by atoms with Gasteiger partial charge in [0.25, 0.3) is 0 Å². The highest BCUT2D eigenvalue weighted by Crippen LogP contribution is 2.11. The van der Waals surface area contributed by atoms with Gasteiger partial charge >= 0.3 is 6.09 Å². The molecule has 1 fully saturated rings. The molecule has 0 saturated carbocycles. The average Bonchev–Trinajstić information content (AvgIpc) is 2.64. The molecule has 1 heterocycles. The molecule has 0 atom stereocenters. The van der Waals surface area contributed by atoms with Crippen LogP contribution >= 0.6 is 24.0 Å². The summed E-state index contributed by atoms with van der Waals surface area (Å²) in [6, 6.07) is 0.354. The number of likely N-dealkylation sites (tertiary alicyclic amines) is 1. The SMILES string of the molecule is CCOC(=O)N1CCC(NC(=NC)NCCCCN(CC)CC)CC1.I. The summed E-state index contributed by atoms with van der Waals surface area (Å²) in [6.45, 7) is 12.5. The van der Waals surface area contributed by atoms with Gasteiger partial charge in [0.2, 0.25) is 0 Å². The Bertz CT molecular complexity index is 397. The molecule has 0 aliphatic carbocycles. The molecule has 1 aliphatic rings. The first-order valence-corrected chi connectivity index (χ1v) is 9.75. The van der Waals surface area contributed by atoms with Crippen molar-refractivity contribution in [2.45, 2.75) is 52.5 Å². The fourth-order valence-corrected chi connectivity index (χ4v) is 3.02. The van der Waals surface area contributed by atoms with E-state index in [-0.39, 0.29) is 30.1 Å². The predicted octanol–water partition coefficient (Wildman–Crippen LogP) is 2.51. The van der Waals surface area contributed by atoms with Gasteiger partial charge in [-0.1, -0.05) is 13.8 Å². The van der Waals surface area contributed by atoms with Crippen molar-refractivity contribution in [2.75, 3.05) is 52.9 Å². The number of carbonyl (C=O) groups is 1. The van der Waals surface area contributed by atoms with E-state index in [4.69, 9.17) is 4.74 Å². The fourth-order valence-electron chi connectivity index (χ4n) is 3.02. The molecule has 1 saturated heterocycles. The molecule has 7 nitrogen and oxygen atoms in total. The van der Waals surface area contributed by atoms with Gasteiger partial charge in [0.1, 0.15) is 0 Å². The van der Waals surface area contributed by atoms with Crippen LogP contribution in [0.5, 0.6) is 0 Å². The molecule has 0 radical (unpaired) electrons. The normalized spacial score (nSPS) is 15.6. The lowest BCUT2D eigenvalue weighted by molar-refractivity contribution is 0.0963. The average molecular weight is 483 g/mol. The maximum Gasteiger partial charge on any atom is 0.409 e. The largest absolute Gasteiger partial charge is 0.450 e. The Labute approximate surface area is 176 Å². The minimum atomic E-state index is -0.198. The molecule has 0 bridgehead atoms. The summed E-state index contributed by atoms with van der Waals surface area (Å²) in [7, 11) is 1.80. The first kappa shape index (κ1) is 25.2. The van der Waals surface area contributed by atoms with Crippen molar-refractivity contribution in [1.82, 2.24) is 20.4 Å². The molecule has 8 heteroatoms. The van der Waals surface area contributed by atoms with Gasteiger partial charge in [0, 0.05) is 32.7 Å². The summed E-state index contributed by atoms with van der Waals surface area (Å²) in [5.74, 6) is 0.859. The topological polar surface area (TPSA) is 69.2 Å². The lowest BCUT2D eigenvalue weighted by atomic mass is 10.1. The van der Waals surface area contributed by atoms with Crippen molar-refractivity contribution >= 4 is 36.0 Å². The van der Waals surface area contributed by atoms with Crippen molar-refractivity contribution in [3.8, 4) is 0 Å². The Morgan fingerprint density at radius 2 is 1.85 bits per heavy atom.